The molecule has 1 aliphatic rings. The van der Waals surface area contributed by atoms with Gasteiger partial charge in [-0.1, -0.05) is 0 Å². The quantitative estimate of drug-likeness (QED) is 0.817. The average molecular weight is 376 g/mol. The van der Waals surface area contributed by atoms with Crippen molar-refractivity contribution in [2.75, 3.05) is 46.8 Å². The van der Waals surface area contributed by atoms with Gasteiger partial charge in [0.25, 0.3) is 5.91 Å². The number of piperazine rings is 1. The molecule has 3 rings (SSSR count). The van der Waals surface area contributed by atoms with Crippen LogP contribution in [0.3, 0.4) is 0 Å². The first-order valence-electron chi connectivity index (χ1n) is 8.37. The van der Waals surface area contributed by atoms with Crippen LogP contribution >= 0.6 is 11.3 Å². The fourth-order valence-electron chi connectivity index (χ4n) is 2.72. The summed E-state index contributed by atoms with van der Waals surface area (Å²) >= 11 is 1.32. The minimum atomic E-state index is -0.316. The van der Waals surface area contributed by atoms with Gasteiger partial charge in [0.15, 0.2) is 0 Å². The molecule has 1 aliphatic heterocycles. The molecule has 0 spiro atoms. The summed E-state index contributed by atoms with van der Waals surface area (Å²) in [5.74, 6) is -0.663. The minimum absolute atomic E-state index is 0.0337. The minimum Gasteiger partial charge on any atom is -0.339 e. The Balaban J connectivity index is 1.61. The Labute approximate surface area is 155 Å². The molecule has 8 heteroatoms. The summed E-state index contributed by atoms with van der Waals surface area (Å²) in [6, 6.07) is 5.98. The number of likely N-dealkylation sites (N-methyl/N-ethyl adjacent to an activating group) is 2. The number of carbonyl (C=O) groups excluding carboxylic acids is 2. The van der Waals surface area contributed by atoms with E-state index in [9.17, 15) is 14.0 Å². The molecule has 0 aliphatic carbocycles. The maximum Gasteiger partial charge on any atom is 0.273 e. The van der Waals surface area contributed by atoms with Gasteiger partial charge in [0.1, 0.15) is 16.5 Å². The largest absolute Gasteiger partial charge is 0.339 e. The van der Waals surface area contributed by atoms with E-state index in [0.717, 1.165) is 18.7 Å². The summed E-state index contributed by atoms with van der Waals surface area (Å²) in [6.07, 6.45) is 0. The highest BCUT2D eigenvalue weighted by atomic mass is 32.1. The molecule has 0 bridgehead atoms. The van der Waals surface area contributed by atoms with Crippen LogP contribution in [0.25, 0.3) is 10.6 Å². The second kappa shape index (κ2) is 7.92. The second-order valence-corrected chi connectivity index (χ2v) is 7.25. The number of nitrogens with zero attached hydrogens (tertiary/aromatic N) is 4. The van der Waals surface area contributed by atoms with Crippen LogP contribution in [0.4, 0.5) is 4.39 Å². The fraction of sp³-hybridized carbons (Fsp3) is 0.389. The molecule has 0 saturated carbocycles. The van der Waals surface area contributed by atoms with Gasteiger partial charge in [-0.2, -0.15) is 0 Å². The molecule has 1 aromatic carbocycles. The predicted octanol–water partition coefficient (Wildman–Crippen LogP) is 1.80. The zero-order valence-corrected chi connectivity index (χ0v) is 15.6. The van der Waals surface area contributed by atoms with Gasteiger partial charge in [-0.05, 0) is 31.3 Å². The van der Waals surface area contributed by atoms with Crippen LogP contribution in [0.15, 0.2) is 29.6 Å². The Morgan fingerprint density at radius 1 is 1.19 bits per heavy atom. The number of amides is 2. The Kier molecular flexibility index (Phi) is 5.63. The second-order valence-electron chi connectivity index (χ2n) is 6.39. The van der Waals surface area contributed by atoms with Crippen LogP contribution in [0.1, 0.15) is 10.5 Å². The first-order chi connectivity index (χ1) is 12.4. The van der Waals surface area contributed by atoms with Crippen molar-refractivity contribution in [3.63, 3.8) is 0 Å². The third-order valence-electron chi connectivity index (χ3n) is 4.39. The van der Waals surface area contributed by atoms with Crippen molar-refractivity contribution in [1.82, 2.24) is 19.7 Å². The molecule has 6 nitrogen and oxygen atoms in total. The third kappa shape index (κ3) is 4.25. The molecule has 0 radical (unpaired) electrons. The molecule has 26 heavy (non-hydrogen) atoms. The Hall–Kier alpha value is -2.32. The van der Waals surface area contributed by atoms with Crippen LogP contribution in [0, 0.1) is 5.82 Å². The van der Waals surface area contributed by atoms with E-state index in [1.807, 2.05) is 7.05 Å². The summed E-state index contributed by atoms with van der Waals surface area (Å²) < 4.78 is 13.0. The van der Waals surface area contributed by atoms with Crippen molar-refractivity contribution >= 4 is 23.2 Å². The van der Waals surface area contributed by atoms with E-state index in [1.165, 1.54) is 28.4 Å². The van der Waals surface area contributed by atoms with Gasteiger partial charge in [-0.25, -0.2) is 9.37 Å². The van der Waals surface area contributed by atoms with Crippen molar-refractivity contribution in [3.8, 4) is 10.6 Å². The summed E-state index contributed by atoms with van der Waals surface area (Å²) in [7, 11) is 3.63. The molecule has 0 atom stereocenters. The maximum absolute atomic E-state index is 13.0. The van der Waals surface area contributed by atoms with E-state index in [-0.39, 0.29) is 24.2 Å². The Bertz CT molecular complexity index is 785. The van der Waals surface area contributed by atoms with Gasteiger partial charge >= 0.3 is 0 Å². The molecule has 0 N–H and O–H groups in total. The van der Waals surface area contributed by atoms with E-state index in [4.69, 9.17) is 0 Å². The third-order valence-corrected chi connectivity index (χ3v) is 5.28. The van der Waals surface area contributed by atoms with E-state index < -0.39 is 0 Å². The average Bonchev–Trinajstić information content (AvgIpc) is 3.12. The molecule has 1 saturated heterocycles. The van der Waals surface area contributed by atoms with E-state index >= 15 is 0 Å². The summed E-state index contributed by atoms with van der Waals surface area (Å²) in [6.45, 7) is 3.09. The summed E-state index contributed by atoms with van der Waals surface area (Å²) in [5.41, 5.74) is 1.05. The first kappa shape index (κ1) is 18.5. The number of benzene rings is 1. The lowest BCUT2D eigenvalue weighted by Gasteiger charge is -2.33. The van der Waals surface area contributed by atoms with Crippen molar-refractivity contribution in [2.45, 2.75) is 0 Å². The number of aromatic nitrogens is 1. The number of hydrogen-bond donors (Lipinski definition) is 0. The maximum atomic E-state index is 13.0. The van der Waals surface area contributed by atoms with E-state index in [1.54, 1.807) is 29.5 Å². The normalized spacial score (nSPS) is 15.1. The van der Waals surface area contributed by atoms with Gasteiger partial charge in [0, 0.05) is 44.2 Å². The van der Waals surface area contributed by atoms with E-state index in [0.29, 0.717) is 23.8 Å². The van der Waals surface area contributed by atoms with Crippen molar-refractivity contribution in [2.24, 2.45) is 0 Å². The van der Waals surface area contributed by atoms with Gasteiger partial charge in [0.05, 0.1) is 6.54 Å². The van der Waals surface area contributed by atoms with Crippen molar-refractivity contribution < 1.29 is 14.0 Å². The number of rotatable bonds is 4. The topological polar surface area (TPSA) is 56.8 Å². The number of hydrogen-bond acceptors (Lipinski definition) is 5. The smallest absolute Gasteiger partial charge is 0.273 e. The zero-order chi connectivity index (χ0) is 18.7. The van der Waals surface area contributed by atoms with Crippen LogP contribution in [-0.2, 0) is 4.79 Å². The van der Waals surface area contributed by atoms with Crippen LogP contribution in [0.5, 0.6) is 0 Å². The molecule has 1 aromatic heterocycles. The summed E-state index contributed by atoms with van der Waals surface area (Å²) in [5, 5.41) is 2.31. The van der Waals surface area contributed by atoms with Gasteiger partial charge in [-0.3, -0.25) is 9.59 Å². The molecule has 0 unspecified atom stereocenters. The highest BCUT2D eigenvalue weighted by Gasteiger charge is 2.23. The lowest BCUT2D eigenvalue weighted by Crippen LogP contribution is -2.50. The lowest BCUT2D eigenvalue weighted by atomic mass is 10.2. The standard InChI is InChI=1S/C18H21FN4O2S/c1-21-7-9-23(10-8-21)16(24)11-22(2)18(25)15-12-26-17(20-15)13-3-5-14(19)6-4-13/h3-6,12H,7-11H2,1-2H3. The fourth-order valence-corrected chi connectivity index (χ4v) is 3.52. The Morgan fingerprint density at radius 2 is 1.85 bits per heavy atom. The molecule has 138 valence electrons. The van der Waals surface area contributed by atoms with Gasteiger partial charge < -0.3 is 14.7 Å². The molecule has 2 amide bonds. The molecule has 2 heterocycles. The molecular weight excluding hydrogens is 355 g/mol. The number of halogens is 1. The molecule has 2 aromatic rings. The lowest BCUT2D eigenvalue weighted by molar-refractivity contribution is -0.133. The summed E-state index contributed by atoms with van der Waals surface area (Å²) in [4.78, 5) is 34.6. The van der Waals surface area contributed by atoms with Crippen molar-refractivity contribution in [3.05, 3.63) is 41.2 Å². The number of carbonyl (C=O) groups is 2. The van der Waals surface area contributed by atoms with Crippen molar-refractivity contribution in [1.29, 1.82) is 0 Å². The van der Waals surface area contributed by atoms with E-state index in [2.05, 4.69) is 9.88 Å². The van der Waals surface area contributed by atoms with Crippen LogP contribution in [0.2, 0.25) is 0 Å². The monoisotopic (exact) mass is 376 g/mol. The first-order valence-corrected chi connectivity index (χ1v) is 9.25. The van der Waals surface area contributed by atoms with Crippen LogP contribution in [-0.4, -0.2) is 78.3 Å². The Morgan fingerprint density at radius 3 is 2.50 bits per heavy atom. The zero-order valence-electron chi connectivity index (χ0n) is 14.8. The highest BCUT2D eigenvalue weighted by Crippen LogP contribution is 2.24. The van der Waals surface area contributed by atoms with Crippen LogP contribution < -0.4 is 0 Å². The molecular formula is C18H21FN4O2S. The predicted molar refractivity (Wildman–Crippen MR) is 98.5 cm³/mol. The SMILES string of the molecule is CN1CCN(C(=O)CN(C)C(=O)c2csc(-c3ccc(F)cc3)n2)CC1. The van der Waals surface area contributed by atoms with Gasteiger partial charge in [0.2, 0.25) is 5.91 Å². The molecule has 1 fully saturated rings. The highest BCUT2D eigenvalue weighted by molar-refractivity contribution is 7.13. The van der Waals surface area contributed by atoms with Gasteiger partial charge in [-0.15, -0.1) is 11.3 Å². The number of thiazole rings is 1.